The lowest BCUT2D eigenvalue weighted by molar-refractivity contribution is 0.166. The number of benzene rings is 1. The van der Waals surface area contributed by atoms with E-state index in [2.05, 4.69) is 21.2 Å². The maximum Gasteiger partial charge on any atom is 0.322 e. The number of hydrogen-bond donors (Lipinski definition) is 2. The molecule has 5 nitrogen and oxygen atoms in total. The predicted molar refractivity (Wildman–Crippen MR) is 78.6 cm³/mol. The highest BCUT2D eigenvalue weighted by Crippen LogP contribution is 2.28. The van der Waals surface area contributed by atoms with Crippen LogP contribution < -0.4 is 10.1 Å². The zero-order chi connectivity index (χ0) is 14.4. The van der Waals surface area contributed by atoms with Gasteiger partial charge in [-0.05, 0) is 32.0 Å². The van der Waals surface area contributed by atoms with Crippen LogP contribution in [0, 0.1) is 0 Å². The Bertz CT molecular complexity index is 440. The lowest BCUT2D eigenvalue weighted by Crippen LogP contribution is -2.40. The highest BCUT2D eigenvalue weighted by atomic mass is 79.9. The van der Waals surface area contributed by atoms with Crippen LogP contribution in [0.5, 0.6) is 5.75 Å². The standard InChI is InChI=1S/C13H19BrN2O3/c1-4-19-12-6-5-10(14)7-11(12)15-13(18)16(3)9(2)8-17/h5-7,9,17H,4,8H2,1-3H3,(H,15,18). The zero-order valence-corrected chi connectivity index (χ0v) is 12.9. The number of halogens is 1. The fraction of sp³-hybridized carbons (Fsp3) is 0.462. The summed E-state index contributed by atoms with van der Waals surface area (Å²) >= 11 is 3.36. The molecule has 1 aromatic rings. The largest absolute Gasteiger partial charge is 0.492 e. The lowest BCUT2D eigenvalue weighted by Gasteiger charge is -2.24. The summed E-state index contributed by atoms with van der Waals surface area (Å²) in [6, 6.07) is 4.88. The molecule has 1 unspecified atom stereocenters. The third-order valence-electron chi connectivity index (χ3n) is 2.73. The van der Waals surface area contributed by atoms with Gasteiger partial charge >= 0.3 is 6.03 Å². The number of carbonyl (C=O) groups is 1. The molecule has 0 saturated carbocycles. The molecular weight excluding hydrogens is 312 g/mol. The van der Waals surface area contributed by atoms with Crippen molar-refractivity contribution in [2.75, 3.05) is 25.6 Å². The molecule has 1 atom stereocenters. The number of aliphatic hydroxyl groups is 1. The van der Waals surface area contributed by atoms with Crippen LogP contribution in [0.3, 0.4) is 0 Å². The number of amides is 2. The zero-order valence-electron chi connectivity index (χ0n) is 11.3. The molecule has 2 N–H and O–H groups in total. The van der Waals surface area contributed by atoms with Crippen LogP contribution in [-0.4, -0.2) is 42.3 Å². The Kier molecular flexibility index (Phi) is 6.11. The van der Waals surface area contributed by atoms with E-state index < -0.39 is 0 Å². The van der Waals surface area contributed by atoms with E-state index in [1.54, 1.807) is 26.1 Å². The summed E-state index contributed by atoms with van der Waals surface area (Å²) in [5.41, 5.74) is 0.596. The number of aliphatic hydroxyl groups excluding tert-OH is 1. The van der Waals surface area contributed by atoms with Gasteiger partial charge in [-0.25, -0.2) is 4.79 Å². The van der Waals surface area contributed by atoms with E-state index in [0.29, 0.717) is 18.0 Å². The first-order valence-corrected chi connectivity index (χ1v) is 6.85. The molecule has 0 heterocycles. The lowest BCUT2D eigenvalue weighted by atomic mass is 10.3. The van der Waals surface area contributed by atoms with Crippen LogP contribution in [0.2, 0.25) is 0 Å². The molecular formula is C13H19BrN2O3. The van der Waals surface area contributed by atoms with Crippen molar-refractivity contribution >= 4 is 27.6 Å². The number of ether oxygens (including phenoxy) is 1. The second-order valence-electron chi connectivity index (χ2n) is 4.15. The first kappa shape index (κ1) is 15.8. The van der Waals surface area contributed by atoms with Crippen LogP contribution in [0.4, 0.5) is 10.5 Å². The van der Waals surface area contributed by atoms with E-state index in [0.717, 1.165) is 4.47 Å². The maximum absolute atomic E-state index is 12.0. The minimum Gasteiger partial charge on any atom is -0.492 e. The second kappa shape index (κ2) is 7.35. The number of hydrogen-bond acceptors (Lipinski definition) is 3. The van der Waals surface area contributed by atoms with Crippen LogP contribution in [0.15, 0.2) is 22.7 Å². The molecule has 1 aromatic carbocycles. The number of carbonyl (C=O) groups excluding carboxylic acids is 1. The minimum absolute atomic E-state index is 0.0826. The van der Waals surface area contributed by atoms with Gasteiger partial charge in [-0.15, -0.1) is 0 Å². The fourth-order valence-electron chi connectivity index (χ4n) is 1.41. The molecule has 0 bridgehead atoms. The normalized spacial score (nSPS) is 11.8. The number of likely N-dealkylation sites (N-methyl/N-ethyl adjacent to an activating group) is 1. The van der Waals surface area contributed by atoms with Crippen molar-refractivity contribution in [1.29, 1.82) is 0 Å². The van der Waals surface area contributed by atoms with E-state index in [1.807, 2.05) is 13.0 Å². The monoisotopic (exact) mass is 330 g/mol. The quantitative estimate of drug-likeness (QED) is 0.872. The van der Waals surface area contributed by atoms with Gasteiger partial charge in [0.25, 0.3) is 0 Å². The van der Waals surface area contributed by atoms with E-state index in [4.69, 9.17) is 9.84 Å². The fourth-order valence-corrected chi connectivity index (χ4v) is 1.77. The number of anilines is 1. The average Bonchev–Trinajstić information content (AvgIpc) is 2.40. The Morgan fingerprint density at radius 2 is 2.26 bits per heavy atom. The second-order valence-corrected chi connectivity index (χ2v) is 5.06. The molecule has 1 rings (SSSR count). The summed E-state index contributed by atoms with van der Waals surface area (Å²) in [4.78, 5) is 13.5. The number of rotatable bonds is 5. The molecule has 0 radical (unpaired) electrons. The van der Waals surface area contributed by atoms with Crippen molar-refractivity contribution in [1.82, 2.24) is 4.90 Å². The first-order chi connectivity index (χ1) is 8.99. The molecule has 0 saturated heterocycles. The van der Waals surface area contributed by atoms with Gasteiger partial charge in [-0.3, -0.25) is 0 Å². The van der Waals surface area contributed by atoms with Crippen molar-refractivity contribution in [3.8, 4) is 5.75 Å². The smallest absolute Gasteiger partial charge is 0.322 e. The topological polar surface area (TPSA) is 61.8 Å². The van der Waals surface area contributed by atoms with Crippen molar-refractivity contribution in [3.63, 3.8) is 0 Å². The van der Waals surface area contributed by atoms with Gasteiger partial charge in [0.2, 0.25) is 0 Å². The minimum atomic E-state index is -0.291. The van der Waals surface area contributed by atoms with Crippen molar-refractivity contribution in [3.05, 3.63) is 22.7 Å². The van der Waals surface area contributed by atoms with E-state index >= 15 is 0 Å². The molecule has 0 aliphatic rings. The number of urea groups is 1. The molecule has 0 aliphatic carbocycles. The summed E-state index contributed by atoms with van der Waals surface area (Å²) in [5, 5.41) is 11.8. The van der Waals surface area contributed by atoms with Crippen LogP contribution >= 0.6 is 15.9 Å². The van der Waals surface area contributed by atoms with Gasteiger partial charge in [0, 0.05) is 11.5 Å². The first-order valence-electron chi connectivity index (χ1n) is 6.06. The Hall–Kier alpha value is -1.27. The molecule has 0 aromatic heterocycles. The Morgan fingerprint density at radius 3 is 2.84 bits per heavy atom. The van der Waals surface area contributed by atoms with Gasteiger partial charge in [-0.1, -0.05) is 15.9 Å². The maximum atomic E-state index is 12.0. The van der Waals surface area contributed by atoms with Crippen molar-refractivity contribution in [2.45, 2.75) is 19.9 Å². The van der Waals surface area contributed by atoms with Crippen LogP contribution in [0.1, 0.15) is 13.8 Å². The molecule has 0 spiro atoms. The SMILES string of the molecule is CCOc1ccc(Br)cc1NC(=O)N(C)C(C)CO. The molecule has 6 heteroatoms. The van der Waals surface area contributed by atoms with E-state index in [-0.39, 0.29) is 18.7 Å². The van der Waals surface area contributed by atoms with Crippen LogP contribution in [0.25, 0.3) is 0 Å². The number of nitrogens with one attached hydrogen (secondary N) is 1. The van der Waals surface area contributed by atoms with Gasteiger partial charge in [0.05, 0.1) is 24.9 Å². The Morgan fingerprint density at radius 1 is 1.58 bits per heavy atom. The average molecular weight is 331 g/mol. The third-order valence-corrected chi connectivity index (χ3v) is 3.22. The molecule has 2 amide bonds. The van der Waals surface area contributed by atoms with Gasteiger partial charge in [-0.2, -0.15) is 0 Å². The Balaban J connectivity index is 2.85. The predicted octanol–water partition coefficient (Wildman–Crippen LogP) is 2.69. The molecule has 0 fully saturated rings. The van der Waals surface area contributed by atoms with Crippen molar-refractivity contribution in [2.24, 2.45) is 0 Å². The third kappa shape index (κ3) is 4.40. The summed E-state index contributed by atoms with van der Waals surface area (Å²) < 4.78 is 6.31. The highest BCUT2D eigenvalue weighted by molar-refractivity contribution is 9.10. The summed E-state index contributed by atoms with van der Waals surface area (Å²) in [6.45, 7) is 4.09. The summed E-state index contributed by atoms with van der Waals surface area (Å²) in [7, 11) is 1.63. The van der Waals surface area contributed by atoms with E-state index in [1.165, 1.54) is 4.90 Å². The molecule has 0 aliphatic heterocycles. The van der Waals surface area contributed by atoms with E-state index in [9.17, 15) is 4.79 Å². The van der Waals surface area contributed by atoms with Gasteiger partial charge in [0.15, 0.2) is 0 Å². The summed E-state index contributed by atoms with van der Waals surface area (Å²) in [5.74, 6) is 0.615. The summed E-state index contributed by atoms with van der Waals surface area (Å²) in [6.07, 6.45) is 0. The highest BCUT2D eigenvalue weighted by Gasteiger charge is 2.16. The van der Waals surface area contributed by atoms with Crippen LogP contribution in [-0.2, 0) is 0 Å². The number of nitrogens with zero attached hydrogens (tertiary/aromatic N) is 1. The molecule has 106 valence electrons. The van der Waals surface area contributed by atoms with Gasteiger partial charge in [0.1, 0.15) is 5.75 Å². The molecule has 19 heavy (non-hydrogen) atoms. The van der Waals surface area contributed by atoms with Crippen molar-refractivity contribution < 1.29 is 14.6 Å². The Labute approximate surface area is 121 Å². The van der Waals surface area contributed by atoms with Gasteiger partial charge < -0.3 is 20.1 Å².